The molecular weight excluding hydrogens is 306 g/mol. The van der Waals surface area contributed by atoms with Crippen LogP contribution in [0.3, 0.4) is 0 Å². The number of hydrogen-bond donors (Lipinski definition) is 2. The molecule has 0 unspecified atom stereocenters. The second-order valence-electron chi connectivity index (χ2n) is 5.52. The zero-order chi connectivity index (χ0) is 16.4. The molecular formula is C17H17N5O2. The van der Waals surface area contributed by atoms with Crippen molar-refractivity contribution in [1.82, 2.24) is 25.2 Å². The largest absolute Gasteiger partial charge is 0.492 e. The van der Waals surface area contributed by atoms with E-state index in [1.54, 1.807) is 23.0 Å². The lowest BCUT2D eigenvalue weighted by atomic mass is 10.1. The number of amides is 1. The van der Waals surface area contributed by atoms with Crippen LogP contribution in [0.4, 0.5) is 0 Å². The van der Waals surface area contributed by atoms with E-state index in [-0.39, 0.29) is 5.91 Å². The van der Waals surface area contributed by atoms with Crippen LogP contribution < -0.4 is 15.4 Å². The lowest BCUT2D eigenvalue weighted by molar-refractivity contribution is 0.0949. The Labute approximate surface area is 138 Å². The van der Waals surface area contributed by atoms with E-state index >= 15 is 0 Å². The van der Waals surface area contributed by atoms with Gasteiger partial charge in [0.05, 0.1) is 6.20 Å². The Bertz CT molecular complexity index is 890. The highest BCUT2D eigenvalue weighted by Crippen LogP contribution is 2.26. The highest BCUT2D eigenvalue weighted by atomic mass is 16.5. The molecule has 4 bridgehead atoms. The van der Waals surface area contributed by atoms with E-state index in [0.29, 0.717) is 37.6 Å². The molecule has 1 aromatic carbocycles. The van der Waals surface area contributed by atoms with Crippen molar-refractivity contribution < 1.29 is 9.53 Å². The maximum absolute atomic E-state index is 12.2. The number of carbonyl (C=O) groups excluding carboxylic acids is 1. The minimum Gasteiger partial charge on any atom is -0.492 e. The third-order valence-electron chi connectivity index (χ3n) is 3.88. The molecule has 0 atom stereocenters. The van der Waals surface area contributed by atoms with Crippen molar-refractivity contribution in [3.05, 3.63) is 48.4 Å². The van der Waals surface area contributed by atoms with Gasteiger partial charge in [-0.2, -0.15) is 5.10 Å². The number of hydrogen-bond acceptors (Lipinski definition) is 5. The summed E-state index contributed by atoms with van der Waals surface area (Å²) in [5, 5.41) is 10.4. The second-order valence-corrected chi connectivity index (χ2v) is 5.52. The first-order valence-corrected chi connectivity index (χ1v) is 7.88. The van der Waals surface area contributed by atoms with Crippen LogP contribution in [0.1, 0.15) is 10.5 Å². The second kappa shape index (κ2) is 6.29. The van der Waals surface area contributed by atoms with Crippen LogP contribution in [0.15, 0.2) is 42.7 Å². The molecule has 1 amide bonds. The number of rotatable bonds is 0. The van der Waals surface area contributed by atoms with Crippen LogP contribution in [-0.4, -0.2) is 46.7 Å². The molecule has 7 nitrogen and oxygen atoms in total. The molecule has 2 aromatic heterocycles. The molecule has 0 radical (unpaired) electrons. The predicted molar refractivity (Wildman–Crippen MR) is 89.1 cm³/mol. The van der Waals surface area contributed by atoms with Gasteiger partial charge in [-0.3, -0.25) is 4.79 Å². The predicted octanol–water partition coefficient (Wildman–Crippen LogP) is 1.11. The number of ether oxygens (including phenoxy) is 1. The Kier molecular flexibility index (Phi) is 3.84. The lowest BCUT2D eigenvalue weighted by Gasteiger charge is -2.08. The standard InChI is InChI=1S/C17H17N5O2/c23-17-15-4-8-22-16(21-15)14(11-20-22)12-2-1-3-13(10-12)24-9-7-18-5-6-19-17/h1-4,8,10-11,18H,5-7,9H2,(H,19,23). The number of nitrogens with one attached hydrogen (secondary N) is 2. The summed E-state index contributed by atoms with van der Waals surface area (Å²) in [6, 6.07) is 9.48. The normalized spacial score (nSPS) is 15.4. The fourth-order valence-corrected chi connectivity index (χ4v) is 2.67. The van der Waals surface area contributed by atoms with E-state index in [2.05, 4.69) is 20.7 Å². The Balaban J connectivity index is 1.82. The SMILES string of the molecule is O=C1NCCNCCOc2cccc(c2)-c2cnn3ccc1nc23. The smallest absolute Gasteiger partial charge is 0.270 e. The molecule has 0 aliphatic carbocycles. The van der Waals surface area contributed by atoms with E-state index in [4.69, 9.17) is 4.74 Å². The summed E-state index contributed by atoms with van der Waals surface area (Å²) >= 11 is 0. The highest BCUT2D eigenvalue weighted by Gasteiger charge is 2.13. The molecule has 1 aliphatic rings. The van der Waals surface area contributed by atoms with Gasteiger partial charge in [-0.05, 0) is 23.8 Å². The summed E-state index contributed by atoms with van der Waals surface area (Å²) in [6.45, 7) is 2.48. The first-order valence-electron chi connectivity index (χ1n) is 7.88. The first kappa shape index (κ1) is 14.6. The summed E-state index contributed by atoms with van der Waals surface area (Å²) in [5.74, 6) is 0.611. The zero-order valence-corrected chi connectivity index (χ0v) is 13.0. The monoisotopic (exact) mass is 323 g/mol. The van der Waals surface area contributed by atoms with E-state index < -0.39 is 0 Å². The van der Waals surface area contributed by atoms with Gasteiger partial charge < -0.3 is 15.4 Å². The molecule has 2 N–H and O–H groups in total. The van der Waals surface area contributed by atoms with Crippen LogP contribution >= 0.6 is 0 Å². The van der Waals surface area contributed by atoms with Gasteiger partial charge in [0.25, 0.3) is 5.91 Å². The van der Waals surface area contributed by atoms with Gasteiger partial charge >= 0.3 is 0 Å². The Morgan fingerprint density at radius 3 is 3.08 bits per heavy atom. The number of nitrogens with zero attached hydrogens (tertiary/aromatic N) is 3. The van der Waals surface area contributed by atoms with Crippen molar-refractivity contribution in [2.75, 3.05) is 26.2 Å². The molecule has 24 heavy (non-hydrogen) atoms. The van der Waals surface area contributed by atoms with Gasteiger partial charge in [0, 0.05) is 31.4 Å². The van der Waals surface area contributed by atoms with Crippen LogP contribution in [0, 0.1) is 0 Å². The minimum atomic E-state index is -0.189. The Hall–Kier alpha value is -2.93. The van der Waals surface area contributed by atoms with Crippen LogP contribution in [0.2, 0.25) is 0 Å². The summed E-state index contributed by atoms with van der Waals surface area (Å²) in [4.78, 5) is 16.7. The highest BCUT2D eigenvalue weighted by molar-refractivity contribution is 5.93. The van der Waals surface area contributed by atoms with Gasteiger partial charge in [0.15, 0.2) is 5.65 Å². The number of benzene rings is 1. The van der Waals surface area contributed by atoms with E-state index in [9.17, 15) is 4.79 Å². The first-order chi connectivity index (χ1) is 11.8. The lowest BCUT2D eigenvalue weighted by Crippen LogP contribution is -2.33. The zero-order valence-electron chi connectivity index (χ0n) is 13.0. The van der Waals surface area contributed by atoms with Crippen molar-refractivity contribution in [2.24, 2.45) is 0 Å². The van der Waals surface area contributed by atoms with E-state index in [1.807, 2.05) is 24.3 Å². The number of aromatic nitrogens is 3. The van der Waals surface area contributed by atoms with Gasteiger partial charge in [0.1, 0.15) is 18.1 Å². The molecule has 3 heterocycles. The maximum atomic E-state index is 12.2. The average Bonchev–Trinajstić information content (AvgIpc) is 3.03. The summed E-state index contributed by atoms with van der Waals surface area (Å²) < 4.78 is 7.44. The number of fused-ring (bicyclic) bond motifs is 4. The van der Waals surface area contributed by atoms with Gasteiger partial charge in [0.2, 0.25) is 0 Å². The van der Waals surface area contributed by atoms with Crippen molar-refractivity contribution in [3.63, 3.8) is 0 Å². The Morgan fingerprint density at radius 1 is 1.17 bits per heavy atom. The van der Waals surface area contributed by atoms with Gasteiger partial charge in [-0.15, -0.1) is 0 Å². The molecule has 0 spiro atoms. The third-order valence-corrected chi connectivity index (χ3v) is 3.88. The van der Waals surface area contributed by atoms with Crippen LogP contribution in [0.25, 0.3) is 16.8 Å². The van der Waals surface area contributed by atoms with E-state index in [0.717, 1.165) is 16.9 Å². The number of carbonyl (C=O) groups is 1. The topological polar surface area (TPSA) is 80.5 Å². The Morgan fingerprint density at radius 2 is 2.12 bits per heavy atom. The molecule has 122 valence electrons. The fraction of sp³-hybridized carbons (Fsp3) is 0.235. The summed E-state index contributed by atoms with van der Waals surface area (Å²) in [6.07, 6.45) is 3.50. The average molecular weight is 323 g/mol. The van der Waals surface area contributed by atoms with Crippen LogP contribution in [0.5, 0.6) is 5.75 Å². The molecule has 0 fully saturated rings. The van der Waals surface area contributed by atoms with Crippen molar-refractivity contribution in [3.8, 4) is 16.9 Å². The molecule has 7 heteroatoms. The molecule has 3 aromatic rings. The molecule has 4 rings (SSSR count). The minimum absolute atomic E-state index is 0.189. The van der Waals surface area contributed by atoms with Crippen molar-refractivity contribution in [1.29, 1.82) is 0 Å². The van der Waals surface area contributed by atoms with Gasteiger partial charge in [-0.25, -0.2) is 9.50 Å². The van der Waals surface area contributed by atoms with Crippen LogP contribution in [-0.2, 0) is 0 Å². The molecule has 0 saturated carbocycles. The van der Waals surface area contributed by atoms with Gasteiger partial charge in [-0.1, -0.05) is 12.1 Å². The quantitative estimate of drug-likeness (QED) is 0.648. The summed E-state index contributed by atoms with van der Waals surface area (Å²) in [5.41, 5.74) is 2.85. The van der Waals surface area contributed by atoms with Crippen molar-refractivity contribution >= 4 is 11.6 Å². The molecule has 0 saturated heterocycles. The maximum Gasteiger partial charge on any atom is 0.270 e. The van der Waals surface area contributed by atoms with E-state index in [1.165, 1.54) is 0 Å². The third kappa shape index (κ3) is 2.81. The summed E-state index contributed by atoms with van der Waals surface area (Å²) in [7, 11) is 0. The van der Waals surface area contributed by atoms with Crippen molar-refractivity contribution in [2.45, 2.75) is 0 Å². The fourth-order valence-electron chi connectivity index (χ4n) is 2.67. The molecule has 1 aliphatic heterocycles.